The number of carbonyl (C=O) groups is 1. The van der Waals surface area contributed by atoms with Crippen molar-refractivity contribution in [1.29, 1.82) is 0 Å². The zero-order valence-corrected chi connectivity index (χ0v) is 13.8. The summed E-state index contributed by atoms with van der Waals surface area (Å²) in [7, 11) is 0. The molecule has 0 aliphatic carbocycles. The summed E-state index contributed by atoms with van der Waals surface area (Å²) in [4.78, 5) is 35.5. The molecule has 3 heterocycles. The van der Waals surface area contributed by atoms with Gasteiger partial charge in [0.1, 0.15) is 10.6 Å². The second-order valence-corrected chi connectivity index (χ2v) is 6.44. The number of hydrogen-bond donors (Lipinski definition) is 3. The second-order valence-electron chi connectivity index (χ2n) is 5.32. The van der Waals surface area contributed by atoms with Crippen molar-refractivity contribution in [2.75, 3.05) is 11.6 Å². The summed E-state index contributed by atoms with van der Waals surface area (Å²) in [5, 5.41) is 5.08. The van der Waals surface area contributed by atoms with Crippen molar-refractivity contribution in [2.24, 2.45) is 0 Å². The van der Waals surface area contributed by atoms with Gasteiger partial charge in [-0.25, -0.2) is 15.4 Å². The highest BCUT2D eigenvalue weighted by atomic mass is 32.1. The molecule has 0 bridgehead atoms. The maximum absolute atomic E-state index is 12.2. The van der Waals surface area contributed by atoms with E-state index < -0.39 is 11.5 Å². The van der Waals surface area contributed by atoms with E-state index in [0.717, 1.165) is 15.2 Å². The predicted octanol–water partition coefficient (Wildman–Crippen LogP) is 1.15. The third-order valence-electron chi connectivity index (χ3n) is 3.63. The van der Waals surface area contributed by atoms with Crippen molar-refractivity contribution >= 4 is 33.4 Å². The van der Waals surface area contributed by atoms with Crippen LogP contribution in [0.1, 0.15) is 15.4 Å². The Morgan fingerprint density at radius 2 is 2.24 bits per heavy atom. The Balaban J connectivity index is 1.47. The number of hydrazine groups is 1. The number of aromatic nitrogens is 3. The van der Waals surface area contributed by atoms with Crippen molar-refractivity contribution < 1.29 is 4.79 Å². The van der Waals surface area contributed by atoms with E-state index in [1.165, 1.54) is 17.5 Å². The molecule has 0 atom stereocenters. The van der Waals surface area contributed by atoms with Crippen LogP contribution in [0.5, 0.6) is 0 Å². The summed E-state index contributed by atoms with van der Waals surface area (Å²) in [6.45, 7) is 0.921. The lowest BCUT2D eigenvalue weighted by Crippen LogP contribution is -2.34. The summed E-state index contributed by atoms with van der Waals surface area (Å²) in [5.74, 6) is -0.147. The van der Waals surface area contributed by atoms with E-state index in [2.05, 4.69) is 25.7 Å². The van der Waals surface area contributed by atoms with E-state index in [4.69, 9.17) is 0 Å². The van der Waals surface area contributed by atoms with Crippen molar-refractivity contribution in [3.8, 4) is 0 Å². The van der Waals surface area contributed by atoms with Crippen LogP contribution in [0.15, 0.2) is 47.5 Å². The van der Waals surface area contributed by atoms with Crippen LogP contribution >= 0.6 is 11.3 Å². The van der Waals surface area contributed by atoms with Crippen molar-refractivity contribution in [3.63, 3.8) is 0 Å². The second kappa shape index (κ2) is 6.46. The van der Waals surface area contributed by atoms with Gasteiger partial charge in [-0.3, -0.25) is 19.6 Å². The van der Waals surface area contributed by atoms with Gasteiger partial charge in [0.15, 0.2) is 0 Å². The molecular formula is C16H14N6O2S. The van der Waals surface area contributed by atoms with Gasteiger partial charge in [0.2, 0.25) is 5.95 Å². The number of carbonyl (C=O) groups excluding carboxylic acids is 1. The molecule has 0 fully saturated rings. The molecule has 1 aromatic carbocycles. The Labute approximate surface area is 146 Å². The normalized spacial score (nSPS) is 13.5. The summed E-state index contributed by atoms with van der Waals surface area (Å²) in [6, 6.07) is 7.76. The molecule has 9 heteroatoms. The molecule has 2 aromatic heterocycles. The number of para-hydroxylation sites is 1. The molecular weight excluding hydrogens is 340 g/mol. The van der Waals surface area contributed by atoms with Crippen LogP contribution in [0, 0.1) is 0 Å². The molecule has 1 aliphatic heterocycles. The van der Waals surface area contributed by atoms with Gasteiger partial charge in [-0.1, -0.05) is 18.2 Å². The van der Waals surface area contributed by atoms with Crippen LogP contribution in [0.25, 0.3) is 10.2 Å². The van der Waals surface area contributed by atoms with Crippen LogP contribution in [0.3, 0.4) is 0 Å². The number of fused-ring (bicyclic) bond motifs is 1. The van der Waals surface area contributed by atoms with Crippen LogP contribution in [-0.2, 0) is 6.54 Å². The number of hydrogen-bond acceptors (Lipinski definition) is 7. The monoisotopic (exact) mass is 354 g/mol. The van der Waals surface area contributed by atoms with E-state index in [1.54, 1.807) is 11.2 Å². The maximum atomic E-state index is 12.2. The smallest absolute Gasteiger partial charge is 0.265 e. The third-order valence-corrected chi connectivity index (χ3v) is 4.67. The first-order chi connectivity index (χ1) is 12.2. The summed E-state index contributed by atoms with van der Waals surface area (Å²) in [6.07, 6.45) is 4.92. The Morgan fingerprint density at radius 1 is 1.36 bits per heavy atom. The van der Waals surface area contributed by atoms with E-state index in [0.29, 0.717) is 12.5 Å². The molecule has 3 aromatic rings. The fourth-order valence-electron chi connectivity index (χ4n) is 2.42. The van der Waals surface area contributed by atoms with Gasteiger partial charge < -0.3 is 5.32 Å². The van der Waals surface area contributed by atoms with Crippen molar-refractivity contribution in [2.45, 2.75) is 6.54 Å². The Kier molecular flexibility index (Phi) is 4.00. The molecule has 0 spiro atoms. The van der Waals surface area contributed by atoms with E-state index in [-0.39, 0.29) is 12.1 Å². The largest absolute Gasteiger partial charge is 0.345 e. The van der Waals surface area contributed by atoms with Crippen LogP contribution in [0.4, 0.5) is 5.95 Å². The first kappa shape index (κ1) is 15.5. The number of nitrogens with one attached hydrogen (secondary N) is 3. The standard InChI is InChI=1S/C16H14N6O2S/c23-14(17-9-13-20-11-4-1-2-5-12(11)25-13)10-8-18-16(21-15(10)24)22-7-3-6-19-22/h1-5,7-8,19H,6,9H2,(H,17,23)(H,18,21,24). The van der Waals surface area contributed by atoms with Crippen LogP contribution in [0.2, 0.25) is 0 Å². The number of amides is 1. The molecule has 1 amide bonds. The molecule has 25 heavy (non-hydrogen) atoms. The van der Waals surface area contributed by atoms with Gasteiger partial charge in [0.25, 0.3) is 11.5 Å². The molecule has 126 valence electrons. The lowest BCUT2D eigenvalue weighted by molar-refractivity contribution is 0.0949. The Bertz CT molecular complexity index is 992. The minimum atomic E-state index is -0.492. The SMILES string of the molecule is O=C(NCc1nc2ccccc2s1)c1cnc(N2C=CCN2)[nH]c1=O. The highest BCUT2D eigenvalue weighted by Gasteiger charge is 2.15. The van der Waals surface area contributed by atoms with Crippen molar-refractivity contribution in [1.82, 2.24) is 25.7 Å². The molecule has 0 radical (unpaired) electrons. The molecule has 1 aliphatic rings. The number of aromatic amines is 1. The first-order valence-corrected chi connectivity index (χ1v) is 8.44. The molecule has 8 nitrogen and oxygen atoms in total. The number of rotatable bonds is 4. The summed E-state index contributed by atoms with van der Waals surface area (Å²) >= 11 is 1.51. The third kappa shape index (κ3) is 3.14. The molecule has 3 N–H and O–H groups in total. The summed E-state index contributed by atoms with van der Waals surface area (Å²) < 4.78 is 1.06. The lowest BCUT2D eigenvalue weighted by Gasteiger charge is -2.13. The Hall–Kier alpha value is -3.04. The number of H-pyrrole nitrogens is 1. The lowest BCUT2D eigenvalue weighted by atomic mass is 10.3. The molecule has 0 saturated heterocycles. The molecule has 0 unspecified atom stereocenters. The average molecular weight is 354 g/mol. The molecule has 4 rings (SSSR count). The van der Waals surface area contributed by atoms with Gasteiger partial charge >= 0.3 is 0 Å². The Morgan fingerprint density at radius 3 is 3.00 bits per heavy atom. The van der Waals surface area contributed by atoms with Gasteiger partial charge in [0.05, 0.1) is 16.8 Å². The minimum absolute atomic E-state index is 0.0342. The zero-order chi connectivity index (χ0) is 17.2. The van der Waals surface area contributed by atoms with E-state index in [1.807, 2.05) is 30.3 Å². The fourth-order valence-corrected chi connectivity index (χ4v) is 3.33. The van der Waals surface area contributed by atoms with Gasteiger partial charge in [0, 0.05) is 18.9 Å². The highest BCUT2D eigenvalue weighted by Crippen LogP contribution is 2.21. The topological polar surface area (TPSA) is 103 Å². The van der Waals surface area contributed by atoms with Gasteiger partial charge in [-0.2, -0.15) is 0 Å². The van der Waals surface area contributed by atoms with Crippen molar-refractivity contribution in [3.05, 3.63) is 63.7 Å². The van der Waals surface area contributed by atoms with Gasteiger partial charge in [-0.05, 0) is 12.1 Å². The number of thiazole rings is 1. The maximum Gasteiger partial charge on any atom is 0.265 e. The number of anilines is 1. The average Bonchev–Trinajstić information content (AvgIpc) is 3.28. The van der Waals surface area contributed by atoms with Crippen LogP contribution in [-0.4, -0.2) is 27.4 Å². The van der Waals surface area contributed by atoms with E-state index >= 15 is 0 Å². The number of nitrogens with zero attached hydrogens (tertiary/aromatic N) is 3. The fraction of sp³-hybridized carbons (Fsp3) is 0.125. The van der Waals surface area contributed by atoms with Gasteiger partial charge in [-0.15, -0.1) is 11.3 Å². The van der Waals surface area contributed by atoms with E-state index in [9.17, 15) is 9.59 Å². The first-order valence-electron chi connectivity index (χ1n) is 7.62. The zero-order valence-electron chi connectivity index (χ0n) is 13.0. The minimum Gasteiger partial charge on any atom is -0.345 e. The predicted molar refractivity (Wildman–Crippen MR) is 95.3 cm³/mol. The summed E-state index contributed by atoms with van der Waals surface area (Å²) in [5.41, 5.74) is 3.36. The quantitative estimate of drug-likeness (QED) is 0.649. The highest BCUT2D eigenvalue weighted by molar-refractivity contribution is 7.18. The van der Waals surface area contributed by atoms with Crippen LogP contribution < -0.4 is 21.3 Å². The number of benzene rings is 1. The molecule has 0 saturated carbocycles.